The van der Waals surface area contributed by atoms with Crippen LogP contribution in [-0.4, -0.2) is 5.78 Å². The highest BCUT2D eigenvalue weighted by Crippen LogP contribution is 2.22. The third kappa shape index (κ3) is 3.86. The molecule has 0 unspecified atom stereocenters. The van der Waals surface area contributed by atoms with Gasteiger partial charge < -0.3 is 0 Å². The van der Waals surface area contributed by atoms with Gasteiger partial charge in [0.2, 0.25) is 0 Å². The zero-order valence-electron chi connectivity index (χ0n) is 9.59. The van der Waals surface area contributed by atoms with Gasteiger partial charge in [-0.2, -0.15) is 0 Å². The Hall–Kier alpha value is -0.270. The summed E-state index contributed by atoms with van der Waals surface area (Å²) in [6.07, 6.45) is 0.0534. The number of hydrogen-bond acceptors (Lipinski definition) is 1. The average Bonchev–Trinajstić information content (AvgIpc) is 2.35. The molecule has 0 aromatic heterocycles. The third-order valence-electron chi connectivity index (χ3n) is 2.59. The molecular formula is C14H8Br2FIO. The van der Waals surface area contributed by atoms with Gasteiger partial charge in [0.25, 0.3) is 0 Å². The first-order valence-corrected chi connectivity index (χ1v) is 8.06. The van der Waals surface area contributed by atoms with Gasteiger partial charge in [-0.15, -0.1) is 0 Å². The second-order valence-corrected chi connectivity index (χ2v) is 6.98. The minimum Gasteiger partial charge on any atom is -0.294 e. The van der Waals surface area contributed by atoms with Gasteiger partial charge in [-0.3, -0.25) is 4.79 Å². The fourth-order valence-corrected chi connectivity index (χ4v) is 2.94. The number of Topliss-reactive ketones (excluding diaryl/α,β-unsaturated/α-hetero) is 1. The number of rotatable bonds is 3. The normalized spacial score (nSPS) is 10.5. The van der Waals surface area contributed by atoms with Crippen LogP contribution in [0.4, 0.5) is 4.39 Å². The predicted octanol–water partition coefficient (Wildman–Crippen LogP) is 5.38. The highest BCUT2D eigenvalue weighted by atomic mass is 127. The predicted molar refractivity (Wildman–Crippen MR) is 89.0 cm³/mol. The highest BCUT2D eigenvalue weighted by molar-refractivity contribution is 14.1. The van der Waals surface area contributed by atoms with Crippen LogP contribution in [0.5, 0.6) is 0 Å². The van der Waals surface area contributed by atoms with Crippen molar-refractivity contribution in [2.45, 2.75) is 6.42 Å². The zero-order valence-corrected chi connectivity index (χ0v) is 14.9. The maximum atomic E-state index is 13.7. The molecule has 0 aliphatic heterocycles. The van der Waals surface area contributed by atoms with E-state index in [4.69, 9.17) is 0 Å². The standard InChI is InChI=1S/C14H8Br2FIO/c15-9-2-1-8(13(17)6-9)5-14(19)11-7-10(18)3-4-12(11)16/h1-4,6-7H,5H2. The summed E-state index contributed by atoms with van der Waals surface area (Å²) in [6, 6.07) is 10.2. The Morgan fingerprint density at radius 3 is 2.58 bits per heavy atom. The van der Waals surface area contributed by atoms with E-state index in [1.54, 1.807) is 18.2 Å². The Balaban J connectivity index is 2.28. The zero-order chi connectivity index (χ0) is 14.0. The third-order valence-corrected chi connectivity index (χ3v) is 4.45. The molecule has 0 fully saturated rings. The van der Waals surface area contributed by atoms with Gasteiger partial charge in [0, 0.05) is 24.5 Å². The molecule has 0 amide bonds. The van der Waals surface area contributed by atoms with Gasteiger partial charge in [0.15, 0.2) is 5.78 Å². The van der Waals surface area contributed by atoms with E-state index in [1.807, 2.05) is 12.1 Å². The molecule has 0 aliphatic rings. The lowest BCUT2D eigenvalue weighted by Gasteiger charge is -2.06. The number of ketones is 1. The van der Waals surface area contributed by atoms with Crippen molar-refractivity contribution in [3.8, 4) is 0 Å². The van der Waals surface area contributed by atoms with Crippen molar-refractivity contribution in [3.05, 3.63) is 65.9 Å². The monoisotopic (exact) mass is 496 g/mol. The van der Waals surface area contributed by atoms with Crippen molar-refractivity contribution < 1.29 is 9.18 Å². The SMILES string of the molecule is O=C(Cc1ccc(Br)cc1F)c1cc(I)ccc1Br. The first-order chi connectivity index (χ1) is 8.97. The molecule has 5 heteroatoms. The molecule has 0 spiro atoms. The van der Waals surface area contributed by atoms with Crippen molar-refractivity contribution in [2.24, 2.45) is 0 Å². The Kier molecular flexibility index (Phi) is 5.14. The van der Waals surface area contributed by atoms with Gasteiger partial charge >= 0.3 is 0 Å². The Morgan fingerprint density at radius 1 is 1.16 bits per heavy atom. The summed E-state index contributed by atoms with van der Waals surface area (Å²) in [5.41, 5.74) is 0.980. The van der Waals surface area contributed by atoms with E-state index in [0.29, 0.717) is 15.6 Å². The van der Waals surface area contributed by atoms with Gasteiger partial charge in [-0.05, 0) is 58.5 Å². The van der Waals surface area contributed by atoms with Crippen LogP contribution in [0.25, 0.3) is 0 Å². The van der Waals surface area contributed by atoms with Crippen LogP contribution in [-0.2, 0) is 6.42 Å². The van der Waals surface area contributed by atoms with Gasteiger partial charge in [0.05, 0.1) is 0 Å². The van der Waals surface area contributed by atoms with E-state index in [1.165, 1.54) is 6.07 Å². The molecule has 98 valence electrons. The van der Waals surface area contributed by atoms with Crippen LogP contribution >= 0.6 is 54.5 Å². The summed E-state index contributed by atoms with van der Waals surface area (Å²) in [7, 11) is 0. The lowest BCUT2D eigenvalue weighted by molar-refractivity contribution is 0.0991. The maximum Gasteiger partial charge on any atom is 0.168 e. The minimum absolute atomic E-state index is 0.0534. The number of carbonyl (C=O) groups is 1. The molecule has 2 aromatic carbocycles. The Labute approximate surface area is 141 Å². The van der Waals surface area contributed by atoms with Gasteiger partial charge in [0.1, 0.15) is 5.82 Å². The van der Waals surface area contributed by atoms with E-state index in [-0.39, 0.29) is 18.0 Å². The second kappa shape index (κ2) is 6.45. The van der Waals surface area contributed by atoms with Gasteiger partial charge in [-0.25, -0.2) is 4.39 Å². The molecule has 0 aliphatic carbocycles. The van der Waals surface area contributed by atoms with Crippen LogP contribution in [0, 0.1) is 9.39 Å². The van der Waals surface area contributed by atoms with Crippen molar-refractivity contribution in [1.82, 2.24) is 0 Å². The summed E-state index contributed by atoms with van der Waals surface area (Å²) in [6.45, 7) is 0. The molecule has 19 heavy (non-hydrogen) atoms. The first-order valence-electron chi connectivity index (χ1n) is 5.39. The van der Waals surface area contributed by atoms with E-state index in [0.717, 1.165) is 8.04 Å². The number of carbonyl (C=O) groups excluding carboxylic acids is 1. The maximum absolute atomic E-state index is 13.7. The molecule has 0 radical (unpaired) electrons. The fraction of sp³-hybridized carbons (Fsp3) is 0.0714. The number of benzene rings is 2. The van der Waals surface area contributed by atoms with Crippen LogP contribution < -0.4 is 0 Å². The van der Waals surface area contributed by atoms with E-state index >= 15 is 0 Å². The first kappa shape index (κ1) is 15.1. The van der Waals surface area contributed by atoms with E-state index in [2.05, 4.69) is 54.5 Å². The lowest BCUT2D eigenvalue weighted by Crippen LogP contribution is -2.06. The molecule has 0 saturated heterocycles. The van der Waals surface area contributed by atoms with Crippen molar-refractivity contribution in [2.75, 3.05) is 0 Å². The molecule has 0 bridgehead atoms. The Bertz CT molecular complexity index is 643. The number of halogens is 4. The molecular weight excluding hydrogens is 490 g/mol. The molecule has 2 aromatic rings. The van der Waals surface area contributed by atoms with Crippen LogP contribution in [0.3, 0.4) is 0 Å². The molecule has 0 atom stereocenters. The Morgan fingerprint density at radius 2 is 1.89 bits per heavy atom. The lowest BCUT2D eigenvalue weighted by atomic mass is 10.0. The van der Waals surface area contributed by atoms with Crippen LogP contribution in [0.15, 0.2) is 45.3 Å². The second-order valence-electron chi connectivity index (χ2n) is 3.96. The van der Waals surface area contributed by atoms with E-state index in [9.17, 15) is 9.18 Å². The largest absolute Gasteiger partial charge is 0.294 e. The summed E-state index contributed by atoms with van der Waals surface area (Å²) >= 11 is 8.69. The molecule has 0 heterocycles. The fourth-order valence-electron chi connectivity index (χ4n) is 1.64. The topological polar surface area (TPSA) is 17.1 Å². The molecule has 0 N–H and O–H groups in total. The summed E-state index contributed by atoms with van der Waals surface area (Å²) in [5.74, 6) is -0.476. The van der Waals surface area contributed by atoms with Crippen LogP contribution in [0.2, 0.25) is 0 Å². The molecule has 0 saturated carbocycles. The molecule has 2 rings (SSSR count). The summed E-state index contributed by atoms with van der Waals surface area (Å²) < 4.78 is 16.1. The van der Waals surface area contributed by atoms with E-state index < -0.39 is 0 Å². The van der Waals surface area contributed by atoms with Gasteiger partial charge in [-0.1, -0.05) is 37.9 Å². The number of hydrogen-bond donors (Lipinski definition) is 0. The highest BCUT2D eigenvalue weighted by Gasteiger charge is 2.14. The van der Waals surface area contributed by atoms with Crippen molar-refractivity contribution in [3.63, 3.8) is 0 Å². The van der Waals surface area contributed by atoms with Crippen molar-refractivity contribution in [1.29, 1.82) is 0 Å². The summed E-state index contributed by atoms with van der Waals surface area (Å²) in [4.78, 5) is 12.2. The van der Waals surface area contributed by atoms with Crippen molar-refractivity contribution >= 4 is 60.2 Å². The molecule has 1 nitrogen and oxygen atoms in total. The summed E-state index contributed by atoms with van der Waals surface area (Å²) in [5, 5.41) is 0. The van der Waals surface area contributed by atoms with Crippen LogP contribution in [0.1, 0.15) is 15.9 Å². The quantitative estimate of drug-likeness (QED) is 0.411. The average molecular weight is 498 g/mol. The smallest absolute Gasteiger partial charge is 0.168 e. The minimum atomic E-state index is -0.371.